The highest BCUT2D eigenvalue weighted by atomic mass is 79.9. The highest BCUT2D eigenvalue weighted by molar-refractivity contribution is 9.12. The third kappa shape index (κ3) is 2.71. The molecule has 0 N–H and O–H groups in total. The van der Waals surface area contributed by atoms with E-state index in [-0.39, 0.29) is 12.2 Å². The van der Waals surface area contributed by atoms with Crippen LogP contribution in [0, 0.1) is 6.92 Å². The molecule has 0 saturated carbocycles. The van der Waals surface area contributed by atoms with E-state index >= 15 is 0 Å². The molecule has 0 aliphatic heterocycles. The topological polar surface area (TPSA) is 34.9 Å². The Hall–Kier alpha value is -0.170. The van der Waals surface area contributed by atoms with Crippen LogP contribution < -0.4 is 0 Å². The van der Waals surface area contributed by atoms with Crippen LogP contribution in [0.15, 0.2) is 13.6 Å². The molecule has 2 aromatic rings. The number of carbonyl (C=O) groups is 1. The van der Waals surface area contributed by atoms with E-state index in [2.05, 4.69) is 37.0 Å². The predicted molar refractivity (Wildman–Crippen MR) is 80.7 cm³/mol. The molecule has 0 bridgehead atoms. The van der Waals surface area contributed by atoms with E-state index in [0.29, 0.717) is 10.7 Å². The first-order chi connectivity index (χ1) is 8.40. The van der Waals surface area contributed by atoms with Crippen molar-refractivity contribution in [2.24, 2.45) is 7.05 Å². The Morgan fingerprint density at radius 3 is 2.67 bits per heavy atom. The second-order valence-corrected chi connectivity index (χ2v) is 7.92. The number of Topliss-reactive ketones (excluding diaryl/α,β-unsaturated/α-hetero) is 1. The number of thiophene rings is 1. The molecule has 2 heterocycles. The van der Waals surface area contributed by atoms with E-state index < -0.39 is 0 Å². The Kier molecular flexibility index (Phi) is 4.31. The summed E-state index contributed by atoms with van der Waals surface area (Å²) in [6.45, 7) is 1.85. The quantitative estimate of drug-likeness (QED) is 0.701. The molecule has 0 atom stereocenters. The van der Waals surface area contributed by atoms with Gasteiger partial charge < -0.3 is 0 Å². The van der Waals surface area contributed by atoms with Crippen molar-refractivity contribution in [2.75, 3.05) is 0 Å². The van der Waals surface area contributed by atoms with Gasteiger partial charge in [-0.1, -0.05) is 11.6 Å². The minimum Gasteiger partial charge on any atom is -0.294 e. The Balaban J connectivity index is 2.29. The third-order valence-electron chi connectivity index (χ3n) is 2.56. The van der Waals surface area contributed by atoms with Crippen LogP contribution in [0.3, 0.4) is 0 Å². The Morgan fingerprint density at radius 2 is 2.22 bits per heavy atom. The van der Waals surface area contributed by atoms with Gasteiger partial charge in [0.15, 0.2) is 5.78 Å². The van der Waals surface area contributed by atoms with Gasteiger partial charge in [-0.2, -0.15) is 5.10 Å². The lowest BCUT2D eigenvalue weighted by Crippen LogP contribution is -2.04. The van der Waals surface area contributed by atoms with E-state index in [4.69, 9.17) is 11.6 Å². The Bertz CT molecular complexity index is 621. The van der Waals surface area contributed by atoms with E-state index in [1.54, 1.807) is 11.7 Å². The van der Waals surface area contributed by atoms with Gasteiger partial charge in [0.1, 0.15) is 5.15 Å². The average molecular weight is 413 g/mol. The molecule has 0 aromatic carbocycles. The molecule has 2 aromatic heterocycles. The standard InChI is InChI=1S/C11H9Br2ClN2OS/c1-5-6(11(14)16(2)15-5)3-8(17)7-4-9(12)18-10(7)13/h4H,3H2,1-2H3. The third-order valence-corrected chi connectivity index (χ3v) is 5.38. The van der Waals surface area contributed by atoms with Crippen LogP contribution in [-0.2, 0) is 13.5 Å². The zero-order valence-electron chi connectivity index (χ0n) is 9.63. The molecule has 7 heteroatoms. The van der Waals surface area contributed by atoms with Crippen molar-refractivity contribution in [3.8, 4) is 0 Å². The first-order valence-electron chi connectivity index (χ1n) is 5.06. The summed E-state index contributed by atoms with van der Waals surface area (Å²) in [5, 5.41) is 4.72. The molecular formula is C11H9Br2ClN2OS. The first kappa shape index (κ1) is 14.2. The minimum absolute atomic E-state index is 0.0295. The van der Waals surface area contributed by atoms with Crippen LogP contribution in [0.1, 0.15) is 21.6 Å². The molecular weight excluding hydrogens is 403 g/mol. The Morgan fingerprint density at radius 1 is 1.56 bits per heavy atom. The van der Waals surface area contributed by atoms with Crippen molar-refractivity contribution in [2.45, 2.75) is 13.3 Å². The second-order valence-electron chi connectivity index (χ2n) is 3.82. The highest BCUT2D eigenvalue weighted by Gasteiger charge is 2.19. The lowest BCUT2D eigenvalue weighted by Gasteiger charge is -2.00. The minimum atomic E-state index is 0.0295. The number of nitrogens with zero attached hydrogens (tertiary/aromatic N) is 2. The lowest BCUT2D eigenvalue weighted by atomic mass is 10.1. The Labute approximate surface area is 130 Å². The van der Waals surface area contributed by atoms with Crippen LogP contribution in [0.5, 0.6) is 0 Å². The van der Waals surface area contributed by atoms with Gasteiger partial charge in [-0.3, -0.25) is 9.48 Å². The van der Waals surface area contributed by atoms with Gasteiger partial charge >= 0.3 is 0 Å². The van der Waals surface area contributed by atoms with Gasteiger partial charge in [-0.05, 0) is 44.8 Å². The normalized spacial score (nSPS) is 10.9. The molecule has 0 aliphatic carbocycles. The lowest BCUT2D eigenvalue weighted by molar-refractivity contribution is 0.0992. The number of aryl methyl sites for hydroxylation is 2. The molecule has 0 amide bonds. The van der Waals surface area contributed by atoms with E-state index in [9.17, 15) is 4.79 Å². The monoisotopic (exact) mass is 410 g/mol. The van der Waals surface area contributed by atoms with Crippen molar-refractivity contribution in [1.82, 2.24) is 9.78 Å². The zero-order valence-corrected chi connectivity index (χ0v) is 14.4. The molecule has 0 unspecified atom stereocenters. The molecule has 0 spiro atoms. The fraction of sp³-hybridized carbons (Fsp3) is 0.273. The summed E-state index contributed by atoms with van der Waals surface area (Å²) in [7, 11) is 1.76. The second kappa shape index (κ2) is 5.45. The number of halogens is 3. The molecule has 2 rings (SSSR count). The highest BCUT2D eigenvalue weighted by Crippen LogP contribution is 2.33. The average Bonchev–Trinajstić information content (AvgIpc) is 2.73. The molecule has 0 saturated heterocycles. The van der Waals surface area contributed by atoms with Gasteiger partial charge in [-0.15, -0.1) is 11.3 Å². The summed E-state index contributed by atoms with van der Waals surface area (Å²) in [5.41, 5.74) is 2.26. The molecule has 0 radical (unpaired) electrons. The fourth-order valence-electron chi connectivity index (χ4n) is 1.66. The summed E-state index contributed by atoms with van der Waals surface area (Å²) < 4.78 is 3.33. The summed E-state index contributed by atoms with van der Waals surface area (Å²) in [5.74, 6) is 0.0295. The zero-order chi connectivity index (χ0) is 13.4. The van der Waals surface area contributed by atoms with E-state index in [1.165, 1.54) is 11.3 Å². The van der Waals surface area contributed by atoms with Gasteiger partial charge in [0, 0.05) is 24.6 Å². The van der Waals surface area contributed by atoms with Crippen molar-refractivity contribution in [1.29, 1.82) is 0 Å². The molecule has 0 aliphatic rings. The number of carbonyl (C=O) groups excluding carboxylic acids is 1. The van der Waals surface area contributed by atoms with Crippen molar-refractivity contribution < 1.29 is 4.79 Å². The molecule has 18 heavy (non-hydrogen) atoms. The number of hydrogen-bond donors (Lipinski definition) is 0. The SMILES string of the molecule is Cc1nn(C)c(Cl)c1CC(=O)c1cc(Br)sc1Br. The maximum Gasteiger partial charge on any atom is 0.169 e. The summed E-state index contributed by atoms with van der Waals surface area (Å²) in [6, 6.07) is 1.82. The predicted octanol–water partition coefficient (Wildman–Crippen LogP) is 4.39. The summed E-state index contributed by atoms with van der Waals surface area (Å²) in [4.78, 5) is 12.2. The smallest absolute Gasteiger partial charge is 0.169 e. The summed E-state index contributed by atoms with van der Waals surface area (Å²) in [6.07, 6.45) is 0.264. The molecule has 3 nitrogen and oxygen atoms in total. The van der Waals surface area contributed by atoms with Gasteiger partial charge in [-0.25, -0.2) is 0 Å². The van der Waals surface area contributed by atoms with Crippen LogP contribution in [0.4, 0.5) is 0 Å². The molecule has 0 fully saturated rings. The van der Waals surface area contributed by atoms with Gasteiger partial charge in [0.05, 0.1) is 13.3 Å². The van der Waals surface area contributed by atoms with Crippen LogP contribution in [0.25, 0.3) is 0 Å². The fourth-order valence-corrected chi connectivity index (χ4v) is 4.76. The first-order valence-corrected chi connectivity index (χ1v) is 7.84. The van der Waals surface area contributed by atoms with Crippen molar-refractivity contribution in [3.63, 3.8) is 0 Å². The van der Waals surface area contributed by atoms with Crippen molar-refractivity contribution in [3.05, 3.63) is 35.6 Å². The van der Waals surface area contributed by atoms with Crippen LogP contribution >= 0.6 is 54.8 Å². The van der Waals surface area contributed by atoms with Crippen molar-refractivity contribution >= 4 is 60.6 Å². The number of hydrogen-bond acceptors (Lipinski definition) is 3. The molecule has 96 valence electrons. The number of rotatable bonds is 3. The van der Waals surface area contributed by atoms with Crippen LogP contribution in [0.2, 0.25) is 5.15 Å². The number of ketones is 1. The maximum atomic E-state index is 12.2. The summed E-state index contributed by atoms with van der Waals surface area (Å²) >= 11 is 14.4. The largest absolute Gasteiger partial charge is 0.294 e. The van der Waals surface area contributed by atoms with E-state index in [1.807, 2.05) is 13.0 Å². The van der Waals surface area contributed by atoms with Gasteiger partial charge in [0.2, 0.25) is 0 Å². The van der Waals surface area contributed by atoms with Gasteiger partial charge in [0.25, 0.3) is 0 Å². The van der Waals surface area contributed by atoms with Crippen LogP contribution in [-0.4, -0.2) is 15.6 Å². The maximum absolute atomic E-state index is 12.2. The van der Waals surface area contributed by atoms with E-state index in [0.717, 1.165) is 18.8 Å². The number of aromatic nitrogens is 2.